The molecule has 0 aliphatic heterocycles. The van der Waals surface area contributed by atoms with E-state index in [9.17, 15) is 18.4 Å². The van der Waals surface area contributed by atoms with Gasteiger partial charge in [-0.1, -0.05) is 12.1 Å². The summed E-state index contributed by atoms with van der Waals surface area (Å²) < 4.78 is 43.4. The van der Waals surface area contributed by atoms with Crippen molar-refractivity contribution in [1.29, 1.82) is 0 Å². The van der Waals surface area contributed by atoms with E-state index in [1.807, 2.05) is 0 Å². The number of alkyl halides is 3. The summed E-state index contributed by atoms with van der Waals surface area (Å²) in [4.78, 5) is 0. The summed E-state index contributed by atoms with van der Waals surface area (Å²) in [7, 11) is 0. The summed E-state index contributed by atoms with van der Waals surface area (Å²) >= 11 is 0. The number of para-hydroxylation sites is 1. The molecule has 0 saturated carbocycles. The van der Waals surface area contributed by atoms with Crippen LogP contribution in [-0.2, 0) is 6.18 Å². The second kappa shape index (κ2) is 5.22. The van der Waals surface area contributed by atoms with Gasteiger partial charge in [0.05, 0.1) is 11.6 Å². The van der Waals surface area contributed by atoms with Crippen molar-refractivity contribution in [3.05, 3.63) is 71.4 Å². The van der Waals surface area contributed by atoms with Gasteiger partial charge in [-0.05, 0) is 36.4 Å². The summed E-state index contributed by atoms with van der Waals surface area (Å²) in [6, 6.07) is 14.3. The number of aromatic nitrogens is 1. The monoisotopic (exact) mass is 305 g/mol. The lowest BCUT2D eigenvalue weighted by atomic mass is 10.2. The first-order chi connectivity index (χ1) is 10.4. The van der Waals surface area contributed by atoms with E-state index in [1.165, 1.54) is 18.2 Å². The van der Waals surface area contributed by atoms with Crippen LogP contribution in [0.15, 0.2) is 60.7 Å². The lowest BCUT2D eigenvalue weighted by Crippen LogP contribution is -2.28. The van der Waals surface area contributed by atoms with Crippen molar-refractivity contribution in [3.63, 3.8) is 0 Å². The highest BCUT2D eigenvalue weighted by atomic mass is 19.4. The van der Waals surface area contributed by atoms with Crippen molar-refractivity contribution in [2.75, 3.05) is 0 Å². The van der Waals surface area contributed by atoms with E-state index in [4.69, 9.17) is 4.74 Å². The summed E-state index contributed by atoms with van der Waals surface area (Å²) in [5.74, 6) is 0.159. The van der Waals surface area contributed by atoms with E-state index < -0.39 is 11.7 Å². The molecule has 3 rings (SSSR count). The number of pyridine rings is 1. The molecule has 3 nitrogen and oxygen atoms in total. The lowest BCUT2D eigenvalue weighted by Gasteiger charge is -2.10. The quantitative estimate of drug-likeness (QED) is 0.523. The number of halogens is 3. The molecule has 0 spiro atoms. The zero-order chi connectivity index (χ0) is 15.7. The van der Waals surface area contributed by atoms with Crippen LogP contribution in [0.25, 0.3) is 10.9 Å². The Morgan fingerprint density at radius 3 is 2.23 bits per heavy atom. The fourth-order valence-corrected chi connectivity index (χ4v) is 2.07. The van der Waals surface area contributed by atoms with E-state index in [0.717, 1.165) is 17.5 Å². The van der Waals surface area contributed by atoms with E-state index in [1.54, 1.807) is 30.3 Å². The molecule has 0 saturated heterocycles. The molecule has 0 fully saturated rings. The van der Waals surface area contributed by atoms with Crippen LogP contribution in [-0.4, -0.2) is 0 Å². The van der Waals surface area contributed by atoms with Crippen molar-refractivity contribution >= 4 is 10.9 Å². The fourth-order valence-electron chi connectivity index (χ4n) is 2.07. The van der Waals surface area contributed by atoms with Crippen LogP contribution in [0.3, 0.4) is 0 Å². The molecule has 112 valence electrons. The number of rotatable bonds is 2. The number of hydrogen-bond acceptors (Lipinski definition) is 2. The van der Waals surface area contributed by atoms with Gasteiger partial charge in [0.1, 0.15) is 5.75 Å². The minimum Gasteiger partial charge on any atom is -0.616 e. The molecule has 0 atom stereocenters. The Morgan fingerprint density at radius 2 is 1.55 bits per heavy atom. The molecule has 0 N–H and O–H groups in total. The Labute approximate surface area is 123 Å². The van der Waals surface area contributed by atoms with Gasteiger partial charge in [-0.25, -0.2) is 0 Å². The van der Waals surface area contributed by atoms with Gasteiger partial charge in [-0.3, -0.25) is 0 Å². The van der Waals surface area contributed by atoms with Gasteiger partial charge in [0, 0.05) is 11.5 Å². The number of fused-ring (bicyclic) bond motifs is 1. The maximum Gasteiger partial charge on any atom is 0.416 e. The van der Waals surface area contributed by atoms with Crippen LogP contribution in [0.1, 0.15) is 5.56 Å². The predicted octanol–water partition coefficient (Wildman–Crippen LogP) is 4.28. The van der Waals surface area contributed by atoms with Crippen LogP contribution in [0.2, 0.25) is 0 Å². The number of nitrogens with zero attached hydrogens (tertiary/aromatic N) is 1. The van der Waals surface area contributed by atoms with Gasteiger partial charge in [-0.2, -0.15) is 13.2 Å². The van der Waals surface area contributed by atoms with Crippen LogP contribution >= 0.6 is 0 Å². The van der Waals surface area contributed by atoms with Gasteiger partial charge in [0.25, 0.3) is 0 Å². The smallest absolute Gasteiger partial charge is 0.416 e. The number of hydrogen-bond donors (Lipinski definition) is 0. The lowest BCUT2D eigenvalue weighted by molar-refractivity contribution is -0.583. The summed E-state index contributed by atoms with van der Waals surface area (Å²) in [5.41, 5.74) is -0.347. The molecule has 3 aromatic rings. The van der Waals surface area contributed by atoms with E-state index in [2.05, 4.69) is 0 Å². The number of benzene rings is 2. The molecule has 0 aliphatic carbocycles. The topological polar surface area (TPSA) is 36.2 Å². The van der Waals surface area contributed by atoms with Gasteiger partial charge >= 0.3 is 12.1 Å². The minimum atomic E-state index is -4.40. The highest BCUT2D eigenvalue weighted by Gasteiger charge is 2.30. The van der Waals surface area contributed by atoms with Crippen molar-refractivity contribution in [1.82, 2.24) is 0 Å². The summed E-state index contributed by atoms with van der Waals surface area (Å²) in [6.07, 6.45) is -4.40. The average molecular weight is 305 g/mol. The Hall–Kier alpha value is -2.76. The summed E-state index contributed by atoms with van der Waals surface area (Å²) in [6.45, 7) is 0. The molecule has 0 bridgehead atoms. The first kappa shape index (κ1) is 14.2. The van der Waals surface area contributed by atoms with Crippen LogP contribution in [0, 0.1) is 5.21 Å². The van der Waals surface area contributed by atoms with Crippen LogP contribution in [0.4, 0.5) is 13.2 Å². The normalized spacial score (nSPS) is 11.6. The maximum absolute atomic E-state index is 12.5. The van der Waals surface area contributed by atoms with Gasteiger partial charge in [0.2, 0.25) is 5.52 Å². The molecule has 22 heavy (non-hydrogen) atoms. The first-order valence-electron chi connectivity index (χ1n) is 6.41. The highest BCUT2D eigenvalue weighted by molar-refractivity contribution is 5.75. The van der Waals surface area contributed by atoms with Crippen LogP contribution < -0.4 is 9.47 Å². The molecule has 1 aromatic heterocycles. The van der Waals surface area contributed by atoms with Crippen molar-refractivity contribution in [2.45, 2.75) is 6.18 Å². The molecule has 0 amide bonds. The number of ether oxygens (including phenoxy) is 1. The Morgan fingerprint density at radius 1 is 0.864 bits per heavy atom. The molecule has 0 aliphatic rings. The largest absolute Gasteiger partial charge is 0.616 e. The van der Waals surface area contributed by atoms with Crippen molar-refractivity contribution < 1.29 is 22.6 Å². The molecule has 0 radical (unpaired) electrons. The molecule has 0 unspecified atom stereocenters. The second-order valence-corrected chi connectivity index (χ2v) is 4.65. The average Bonchev–Trinajstić information content (AvgIpc) is 2.50. The molecular formula is C16H10F3NO2. The Kier molecular flexibility index (Phi) is 3.36. The minimum absolute atomic E-state index is 0.00143. The zero-order valence-electron chi connectivity index (χ0n) is 11.2. The zero-order valence-corrected chi connectivity index (χ0v) is 11.2. The van der Waals surface area contributed by atoms with Gasteiger partial charge < -0.3 is 9.94 Å². The van der Waals surface area contributed by atoms with E-state index in [0.29, 0.717) is 10.2 Å². The van der Waals surface area contributed by atoms with Gasteiger partial charge in [0.15, 0.2) is 0 Å². The third-order valence-corrected chi connectivity index (χ3v) is 3.17. The second-order valence-electron chi connectivity index (χ2n) is 4.65. The Bertz CT molecular complexity index is 814. The molecule has 1 heterocycles. The SMILES string of the molecule is [O-][n+]1c(Oc2ccc(C(F)(F)F)cc2)ccc2ccccc21. The highest BCUT2D eigenvalue weighted by Crippen LogP contribution is 2.31. The van der Waals surface area contributed by atoms with E-state index >= 15 is 0 Å². The molecule has 2 aromatic carbocycles. The standard InChI is InChI=1S/C16H10F3NO2/c17-16(18,19)12-6-8-13(9-7-12)22-15-10-5-11-3-1-2-4-14(11)20(15)21/h1-10H. The maximum atomic E-state index is 12.5. The van der Waals surface area contributed by atoms with E-state index in [-0.39, 0.29) is 11.6 Å². The van der Waals surface area contributed by atoms with Crippen LogP contribution in [0.5, 0.6) is 11.6 Å². The molecular weight excluding hydrogens is 295 g/mol. The summed E-state index contributed by atoms with van der Waals surface area (Å²) in [5, 5.41) is 12.9. The predicted molar refractivity (Wildman–Crippen MR) is 74.4 cm³/mol. The van der Waals surface area contributed by atoms with Crippen molar-refractivity contribution in [3.8, 4) is 11.6 Å². The first-order valence-corrected chi connectivity index (χ1v) is 6.41. The molecule has 6 heteroatoms. The third kappa shape index (κ3) is 2.67. The van der Waals surface area contributed by atoms with Crippen molar-refractivity contribution in [2.24, 2.45) is 0 Å². The third-order valence-electron chi connectivity index (χ3n) is 3.17. The fraction of sp³-hybridized carbons (Fsp3) is 0.0625. The van der Waals surface area contributed by atoms with Gasteiger partial charge in [-0.15, -0.1) is 4.73 Å². The Balaban J connectivity index is 1.92.